The van der Waals surface area contributed by atoms with Crippen molar-refractivity contribution in [2.45, 2.75) is 6.92 Å². The summed E-state index contributed by atoms with van der Waals surface area (Å²) in [5.41, 5.74) is 1.69. The normalized spacial score (nSPS) is 10.3. The van der Waals surface area contributed by atoms with Crippen molar-refractivity contribution in [3.63, 3.8) is 0 Å². The van der Waals surface area contributed by atoms with Crippen molar-refractivity contribution in [1.29, 1.82) is 0 Å². The highest BCUT2D eigenvalue weighted by Crippen LogP contribution is 2.26. The molecule has 0 N–H and O–H groups in total. The lowest BCUT2D eigenvalue weighted by Gasteiger charge is -2.04. The van der Waals surface area contributed by atoms with Gasteiger partial charge in [-0.25, -0.2) is 9.97 Å². The van der Waals surface area contributed by atoms with E-state index in [9.17, 15) is 4.79 Å². The van der Waals surface area contributed by atoms with Gasteiger partial charge in [-0.1, -0.05) is 0 Å². The molecule has 0 fully saturated rings. The first-order valence-corrected chi connectivity index (χ1v) is 6.31. The second-order valence-corrected chi connectivity index (χ2v) is 5.13. The Morgan fingerprint density at radius 1 is 1.24 bits per heavy atom. The van der Waals surface area contributed by atoms with Gasteiger partial charge in [0.2, 0.25) is 0 Å². The molecule has 0 saturated heterocycles. The monoisotopic (exact) mass is 355 g/mol. The van der Waals surface area contributed by atoms with Crippen LogP contribution in [0.3, 0.4) is 0 Å². The molecule has 0 aliphatic rings. The average molecular weight is 357 g/mol. The van der Waals surface area contributed by atoms with Crippen molar-refractivity contribution < 1.29 is 4.79 Å². The number of aldehydes is 1. The molecular weight excluding hydrogens is 350 g/mol. The average Bonchev–Trinajstić information content (AvgIpc) is 2.28. The van der Waals surface area contributed by atoms with Crippen LogP contribution in [0.25, 0.3) is 11.5 Å². The summed E-state index contributed by atoms with van der Waals surface area (Å²) in [7, 11) is 0. The van der Waals surface area contributed by atoms with Crippen LogP contribution in [0.15, 0.2) is 27.3 Å². The number of nitrogens with zero attached hydrogens (tertiary/aromatic N) is 3. The highest BCUT2D eigenvalue weighted by atomic mass is 79.9. The van der Waals surface area contributed by atoms with Crippen LogP contribution in [0.5, 0.6) is 0 Å². The van der Waals surface area contributed by atoms with E-state index in [1.165, 1.54) is 0 Å². The van der Waals surface area contributed by atoms with Crippen LogP contribution in [0.4, 0.5) is 0 Å². The van der Waals surface area contributed by atoms with Crippen LogP contribution in [-0.2, 0) is 0 Å². The Bertz CT molecular complexity index is 587. The van der Waals surface area contributed by atoms with Crippen molar-refractivity contribution in [3.8, 4) is 11.5 Å². The largest absolute Gasteiger partial charge is 0.296 e. The summed E-state index contributed by atoms with van der Waals surface area (Å²) in [6, 6.07) is 3.48. The predicted molar refractivity (Wildman–Crippen MR) is 70.8 cm³/mol. The Balaban J connectivity index is 2.59. The van der Waals surface area contributed by atoms with E-state index in [2.05, 4.69) is 46.8 Å². The number of halogens is 2. The Hall–Kier alpha value is -1.14. The lowest BCUT2D eigenvalue weighted by Crippen LogP contribution is -1.99. The molecule has 4 nitrogen and oxygen atoms in total. The number of rotatable bonds is 2. The van der Waals surface area contributed by atoms with Crippen molar-refractivity contribution in [2.75, 3.05) is 0 Å². The minimum atomic E-state index is 0.351. The first kappa shape index (κ1) is 12.3. The SMILES string of the molecule is Cc1cc(C=O)nc(-c2ncc(Br)cc2Br)n1. The predicted octanol–water partition coefficient (Wildman–Crippen LogP) is 3.18. The summed E-state index contributed by atoms with van der Waals surface area (Å²) < 4.78 is 1.63. The molecule has 0 aromatic carbocycles. The highest BCUT2D eigenvalue weighted by molar-refractivity contribution is 9.11. The molecule has 0 bridgehead atoms. The van der Waals surface area contributed by atoms with E-state index in [1.54, 1.807) is 12.3 Å². The second-order valence-electron chi connectivity index (χ2n) is 3.36. The number of aryl methyl sites for hydroxylation is 1. The zero-order valence-corrected chi connectivity index (χ0v) is 12.0. The Labute approximate surface area is 115 Å². The maximum Gasteiger partial charge on any atom is 0.180 e. The smallest absolute Gasteiger partial charge is 0.180 e. The van der Waals surface area contributed by atoms with Gasteiger partial charge in [0, 0.05) is 20.8 Å². The van der Waals surface area contributed by atoms with Crippen molar-refractivity contribution in [3.05, 3.63) is 38.7 Å². The molecule has 0 aliphatic carbocycles. The molecule has 0 atom stereocenters. The molecule has 2 aromatic heterocycles. The van der Waals surface area contributed by atoms with E-state index in [-0.39, 0.29) is 0 Å². The van der Waals surface area contributed by atoms with E-state index in [1.807, 2.05) is 13.0 Å². The Morgan fingerprint density at radius 3 is 2.65 bits per heavy atom. The second kappa shape index (κ2) is 5.01. The summed E-state index contributed by atoms with van der Waals surface area (Å²) in [6.07, 6.45) is 2.36. The van der Waals surface area contributed by atoms with E-state index in [4.69, 9.17) is 0 Å². The number of carbonyl (C=O) groups excluding carboxylic acids is 1. The van der Waals surface area contributed by atoms with Crippen LogP contribution in [0.2, 0.25) is 0 Å². The standard InChI is InChI=1S/C11H7Br2N3O/c1-6-2-8(5-17)16-11(15-6)10-9(13)3-7(12)4-14-10/h2-5H,1H3. The van der Waals surface area contributed by atoms with Crippen LogP contribution in [-0.4, -0.2) is 21.2 Å². The minimum Gasteiger partial charge on any atom is -0.296 e. The topological polar surface area (TPSA) is 55.7 Å². The molecule has 17 heavy (non-hydrogen) atoms. The number of pyridine rings is 1. The third-order valence-electron chi connectivity index (χ3n) is 2.01. The summed E-state index contributed by atoms with van der Waals surface area (Å²) in [5.74, 6) is 0.437. The van der Waals surface area contributed by atoms with Gasteiger partial charge in [0.05, 0.1) is 0 Å². The minimum absolute atomic E-state index is 0.351. The first-order chi connectivity index (χ1) is 8.10. The van der Waals surface area contributed by atoms with Gasteiger partial charge in [-0.2, -0.15) is 0 Å². The summed E-state index contributed by atoms with van der Waals surface area (Å²) in [6.45, 7) is 1.81. The summed E-state index contributed by atoms with van der Waals surface area (Å²) in [5, 5.41) is 0. The van der Waals surface area contributed by atoms with Gasteiger partial charge in [0.15, 0.2) is 12.1 Å². The Kier molecular flexibility index (Phi) is 3.63. The van der Waals surface area contributed by atoms with Gasteiger partial charge < -0.3 is 0 Å². The van der Waals surface area contributed by atoms with Crippen LogP contribution < -0.4 is 0 Å². The van der Waals surface area contributed by atoms with E-state index >= 15 is 0 Å². The van der Waals surface area contributed by atoms with Gasteiger partial charge in [-0.15, -0.1) is 0 Å². The van der Waals surface area contributed by atoms with Gasteiger partial charge in [0.25, 0.3) is 0 Å². The Morgan fingerprint density at radius 2 is 2.00 bits per heavy atom. The number of carbonyl (C=O) groups is 1. The highest BCUT2D eigenvalue weighted by Gasteiger charge is 2.10. The molecule has 0 aliphatic heterocycles. The number of hydrogen-bond donors (Lipinski definition) is 0. The van der Waals surface area contributed by atoms with E-state index < -0.39 is 0 Å². The maximum absolute atomic E-state index is 10.8. The molecule has 0 spiro atoms. The van der Waals surface area contributed by atoms with Crippen LogP contribution in [0, 0.1) is 6.92 Å². The van der Waals surface area contributed by atoms with Gasteiger partial charge in [-0.05, 0) is 50.9 Å². The molecular formula is C11H7Br2N3O. The molecule has 0 saturated carbocycles. The lowest BCUT2D eigenvalue weighted by molar-refractivity contribution is 0.111. The van der Waals surface area contributed by atoms with E-state index in [0.717, 1.165) is 14.6 Å². The van der Waals surface area contributed by atoms with Crippen LogP contribution in [0.1, 0.15) is 16.2 Å². The molecule has 6 heteroatoms. The molecule has 2 heterocycles. The fourth-order valence-electron chi connectivity index (χ4n) is 1.34. The fraction of sp³-hybridized carbons (Fsp3) is 0.0909. The molecule has 0 amide bonds. The quantitative estimate of drug-likeness (QED) is 0.775. The third kappa shape index (κ3) is 2.76. The fourth-order valence-corrected chi connectivity index (χ4v) is 2.50. The number of aromatic nitrogens is 3. The van der Waals surface area contributed by atoms with Crippen LogP contribution >= 0.6 is 31.9 Å². The van der Waals surface area contributed by atoms with Crippen molar-refractivity contribution >= 4 is 38.1 Å². The van der Waals surface area contributed by atoms with Crippen molar-refractivity contribution in [2.24, 2.45) is 0 Å². The first-order valence-electron chi connectivity index (χ1n) is 4.72. The zero-order valence-electron chi connectivity index (χ0n) is 8.82. The molecule has 2 rings (SSSR count). The maximum atomic E-state index is 10.8. The molecule has 86 valence electrons. The molecule has 0 radical (unpaired) electrons. The summed E-state index contributed by atoms with van der Waals surface area (Å²) in [4.78, 5) is 23.4. The van der Waals surface area contributed by atoms with E-state index in [0.29, 0.717) is 23.5 Å². The summed E-state index contributed by atoms with van der Waals surface area (Å²) >= 11 is 6.72. The lowest BCUT2D eigenvalue weighted by atomic mass is 10.3. The van der Waals surface area contributed by atoms with Gasteiger partial charge in [-0.3, -0.25) is 9.78 Å². The third-order valence-corrected chi connectivity index (χ3v) is 3.05. The zero-order chi connectivity index (χ0) is 12.4. The molecule has 2 aromatic rings. The number of hydrogen-bond acceptors (Lipinski definition) is 4. The van der Waals surface area contributed by atoms with Gasteiger partial charge >= 0.3 is 0 Å². The van der Waals surface area contributed by atoms with Crippen molar-refractivity contribution in [1.82, 2.24) is 15.0 Å². The molecule has 0 unspecified atom stereocenters. The van der Waals surface area contributed by atoms with Gasteiger partial charge in [0.1, 0.15) is 11.4 Å².